The Labute approximate surface area is 340 Å². The molecule has 0 bridgehead atoms. The summed E-state index contributed by atoms with van der Waals surface area (Å²) in [4.78, 5) is 25.1. The number of nitrogens with zero attached hydrogens (tertiary/aromatic N) is 5. The van der Waals surface area contributed by atoms with Crippen LogP contribution in [-0.4, -0.2) is 28.4 Å². The standard InChI is InChI=1S/C50H31N5OS2/c1-51-48(32-26-27-35-34-19-8-10-24-40(34)57-42(35)28-32)55-49(31-16-6-3-7-17-31)52-29-33-18-12-23-39-43(33)37-21-13-22-38(46(37)56-39)50-53-44(30-14-4-2-5-15-30)47-45(54-50)36-20-9-11-25-41(36)58-47/h2-28H,1,29H2. The highest BCUT2D eigenvalue weighted by Crippen LogP contribution is 2.42. The monoisotopic (exact) mass is 781 g/mol. The molecule has 4 heterocycles. The van der Waals surface area contributed by atoms with Crippen molar-refractivity contribution in [3.05, 3.63) is 180 Å². The first-order valence-electron chi connectivity index (χ1n) is 19.0. The molecule has 0 radical (unpaired) electrons. The Hall–Kier alpha value is -7.13. The quantitative estimate of drug-likeness (QED) is 0.124. The molecule has 0 N–H and O–H groups in total. The summed E-state index contributed by atoms with van der Waals surface area (Å²) < 4.78 is 11.4. The zero-order chi connectivity index (χ0) is 38.6. The zero-order valence-corrected chi connectivity index (χ0v) is 32.6. The first kappa shape index (κ1) is 34.1. The second-order valence-corrected chi connectivity index (χ2v) is 16.2. The van der Waals surface area contributed by atoms with Crippen LogP contribution in [0.5, 0.6) is 0 Å². The number of benzene rings is 7. The Kier molecular flexibility index (Phi) is 8.31. The lowest BCUT2D eigenvalue weighted by molar-refractivity contribution is 0.669. The molecule has 0 unspecified atom stereocenters. The van der Waals surface area contributed by atoms with Gasteiger partial charge in [-0.15, -0.1) is 22.7 Å². The highest BCUT2D eigenvalue weighted by atomic mass is 32.1. The number of para-hydroxylation sites is 1. The van der Waals surface area contributed by atoms with E-state index in [0.29, 0.717) is 24.0 Å². The van der Waals surface area contributed by atoms with E-state index < -0.39 is 0 Å². The van der Waals surface area contributed by atoms with Gasteiger partial charge < -0.3 is 4.42 Å². The minimum absolute atomic E-state index is 0.366. The molecule has 7 aromatic carbocycles. The Morgan fingerprint density at radius 1 is 0.586 bits per heavy atom. The molecule has 0 aliphatic rings. The van der Waals surface area contributed by atoms with Crippen molar-refractivity contribution < 1.29 is 4.42 Å². The Balaban J connectivity index is 1.03. The smallest absolute Gasteiger partial charge is 0.164 e. The van der Waals surface area contributed by atoms with Gasteiger partial charge in [0, 0.05) is 57.7 Å². The lowest BCUT2D eigenvalue weighted by Gasteiger charge is -2.08. The van der Waals surface area contributed by atoms with Gasteiger partial charge >= 0.3 is 0 Å². The first-order chi connectivity index (χ1) is 28.7. The number of aromatic nitrogens is 2. The summed E-state index contributed by atoms with van der Waals surface area (Å²) in [7, 11) is 0. The molecule has 274 valence electrons. The molecule has 0 saturated heterocycles. The van der Waals surface area contributed by atoms with E-state index in [1.807, 2.05) is 48.5 Å². The maximum atomic E-state index is 6.72. The normalized spacial score (nSPS) is 12.5. The summed E-state index contributed by atoms with van der Waals surface area (Å²) in [6, 6.07) is 56.0. The summed E-state index contributed by atoms with van der Waals surface area (Å²) in [5.41, 5.74) is 8.05. The number of rotatable bonds is 6. The molecule has 0 amide bonds. The number of hydrogen-bond donors (Lipinski definition) is 0. The maximum absolute atomic E-state index is 6.72. The van der Waals surface area contributed by atoms with Crippen molar-refractivity contribution in [2.45, 2.75) is 6.54 Å². The van der Waals surface area contributed by atoms with Gasteiger partial charge in [0.1, 0.15) is 11.2 Å². The van der Waals surface area contributed by atoms with Gasteiger partial charge in [0.05, 0.1) is 28.0 Å². The van der Waals surface area contributed by atoms with E-state index in [4.69, 9.17) is 24.4 Å². The minimum atomic E-state index is 0.366. The number of hydrogen-bond acceptors (Lipinski definition) is 6. The van der Waals surface area contributed by atoms with Crippen LogP contribution in [-0.2, 0) is 6.54 Å². The van der Waals surface area contributed by atoms with Crippen molar-refractivity contribution in [1.29, 1.82) is 0 Å². The summed E-state index contributed by atoms with van der Waals surface area (Å²) in [6.45, 7) is 4.29. The SMILES string of the molecule is C=NC(=NC(=NCc1cccc2oc3c(-c4nc(-c5ccccc5)c5sc6ccccc6c5n4)cccc3c12)c1ccccc1)c1ccc2c(c1)sc1ccccc12. The summed E-state index contributed by atoms with van der Waals surface area (Å²) in [5, 5.41) is 5.57. The predicted molar refractivity (Wildman–Crippen MR) is 245 cm³/mol. The molecule has 0 aliphatic heterocycles. The van der Waals surface area contributed by atoms with Crippen LogP contribution >= 0.6 is 22.7 Å². The van der Waals surface area contributed by atoms with Crippen LogP contribution in [0, 0.1) is 0 Å². The van der Waals surface area contributed by atoms with Gasteiger partial charge in [-0.1, -0.05) is 133 Å². The topological polar surface area (TPSA) is 76.0 Å². The molecular weight excluding hydrogens is 751 g/mol. The fraction of sp³-hybridized carbons (Fsp3) is 0.0200. The van der Waals surface area contributed by atoms with Crippen molar-refractivity contribution in [2.24, 2.45) is 15.0 Å². The third-order valence-electron chi connectivity index (χ3n) is 10.5. The molecular formula is C50H31N5OS2. The molecule has 0 fully saturated rings. The highest BCUT2D eigenvalue weighted by molar-refractivity contribution is 7.26. The van der Waals surface area contributed by atoms with Crippen LogP contribution in [0.3, 0.4) is 0 Å². The van der Waals surface area contributed by atoms with Gasteiger partial charge in [-0.05, 0) is 42.6 Å². The Morgan fingerprint density at radius 3 is 2.12 bits per heavy atom. The highest BCUT2D eigenvalue weighted by Gasteiger charge is 2.21. The van der Waals surface area contributed by atoms with Crippen molar-refractivity contribution in [2.75, 3.05) is 0 Å². The largest absolute Gasteiger partial charge is 0.455 e. The van der Waals surface area contributed by atoms with Gasteiger partial charge in [0.2, 0.25) is 0 Å². The van der Waals surface area contributed by atoms with Crippen molar-refractivity contribution in [3.8, 4) is 22.6 Å². The third kappa shape index (κ3) is 5.81. The Bertz CT molecular complexity index is 3450. The summed E-state index contributed by atoms with van der Waals surface area (Å²) >= 11 is 3.49. The van der Waals surface area contributed by atoms with Gasteiger partial charge in [0.15, 0.2) is 17.5 Å². The van der Waals surface area contributed by atoms with Crippen molar-refractivity contribution in [1.82, 2.24) is 9.97 Å². The van der Waals surface area contributed by atoms with Gasteiger partial charge in [0.25, 0.3) is 0 Å². The lowest BCUT2D eigenvalue weighted by Crippen LogP contribution is -2.05. The van der Waals surface area contributed by atoms with E-state index in [2.05, 4.69) is 127 Å². The molecule has 8 heteroatoms. The first-order valence-corrected chi connectivity index (χ1v) is 20.6. The van der Waals surface area contributed by atoms with Crippen LogP contribution in [0.2, 0.25) is 0 Å². The van der Waals surface area contributed by atoms with Crippen LogP contribution in [0.25, 0.3) is 85.1 Å². The average Bonchev–Trinajstić information content (AvgIpc) is 3.98. The van der Waals surface area contributed by atoms with Crippen molar-refractivity contribution >= 4 is 103 Å². The van der Waals surface area contributed by atoms with Crippen LogP contribution in [0.1, 0.15) is 16.7 Å². The second-order valence-electron chi connectivity index (χ2n) is 14.0. The predicted octanol–water partition coefficient (Wildman–Crippen LogP) is 13.5. The fourth-order valence-electron chi connectivity index (χ4n) is 7.83. The lowest BCUT2D eigenvalue weighted by atomic mass is 10.0. The van der Waals surface area contributed by atoms with Gasteiger partial charge in [-0.2, -0.15) is 0 Å². The molecule has 0 aliphatic carbocycles. The van der Waals surface area contributed by atoms with Gasteiger partial charge in [-0.25, -0.2) is 20.0 Å². The van der Waals surface area contributed by atoms with E-state index in [1.54, 1.807) is 22.7 Å². The van der Waals surface area contributed by atoms with Crippen LogP contribution in [0.15, 0.2) is 183 Å². The number of thiophene rings is 2. The maximum Gasteiger partial charge on any atom is 0.164 e. The summed E-state index contributed by atoms with van der Waals surface area (Å²) in [6.07, 6.45) is 0. The molecule has 58 heavy (non-hydrogen) atoms. The van der Waals surface area contributed by atoms with E-state index in [0.717, 1.165) is 71.1 Å². The average molecular weight is 782 g/mol. The number of amidine groups is 2. The van der Waals surface area contributed by atoms with E-state index in [9.17, 15) is 0 Å². The molecule has 6 nitrogen and oxygen atoms in total. The summed E-state index contributed by atoms with van der Waals surface area (Å²) in [5.74, 6) is 1.71. The minimum Gasteiger partial charge on any atom is -0.455 e. The van der Waals surface area contributed by atoms with E-state index in [1.165, 1.54) is 24.9 Å². The van der Waals surface area contributed by atoms with Crippen LogP contribution < -0.4 is 0 Å². The number of fused-ring (bicyclic) bond motifs is 9. The molecule has 0 spiro atoms. The number of aliphatic imine (C=N–C) groups is 3. The van der Waals surface area contributed by atoms with Gasteiger partial charge in [-0.3, -0.25) is 4.99 Å². The molecule has 4 aromatic heterocycles. The van der Waals surface area contributed by atoms with Crippen molar-refractivity contribution in [3.63, 3.8) is 0 Å². The van der Waals surface area contributed by atoms with E-state index in [-0.39, 0.29) is 0 Å². The Morgan fingerprint density at radius 2 is 1.29 bits per heavy atom. The molecule has 0 saturated carbocycles. The fourth-order valence-corrected chi connectivity index (χ4v) is 10.1. The molecule has 0 atom stereocenters. The van der Waals surface area contributed by atoms with Crippen LogP contribution in [0.4, 0.5) is 0 Å². The third-order valence-corrected chi connectivity index (χ3v) is 12.8. The number of furan rings is 1. The second kappa shape index (κ2) is 14.1. The van der Waals surface area contributed by atoms with E-state index >= 15 is 0 Å². The molecule has 11 aromatic rings. The molecule has 11 rings (SSSR count). The zero-order valence-electron chi connectivity index (χ0n) is 31.0.